The van der Waals surface area contributed by atoms with Gasteiger partial charge in [-0.05, 0) is 46.1 Å². The second kappa shape index (κ2) is 5.99. The van der Waals surface area contributed by atoms with Crippen molar-refractivity contribution in [2.45, 2.75) is 51.1 Å². The highest BCUT2D eigenvalue weighted by Crippen LogP contribution is 2.23. The Morgan fingerprint density at radius 3 is 2.55 bits per heavy atom. The van der Waals surface area contributed by atoms with Gasteiger partial charge in [0.05, 0.1) is 11.3 Å². The number of sulfonamides is 1. The Bertz CT molecular complexity index is 449. The molecule has 0 saturated carbocycles. The first-order valence-corrected chi connectivity index (χ1v) is 9.06. The monoisotopic (exact) mass is 303 g/mol. The van der Waals surface area contributed by atoms with Crippen LogP contribution in [0.5, 0.6) is 0 Å². The molecule has 2 aliphatic rings. The Kier molecular flexibility index (Phi) is 4.71. The van der Waals surface area contributed by atoms with Crippen molar-refractivity contribution in [3.05, 3.63) is 0 Å². The fourth-order valence-electron chi connectivity index (χ4n) is 2.96. The van der Waals surface area contributed by atoms with Crippen LogP contribution in [0.2, 0.25) is 0 Å². The van der Waals surface area contributed by atoms with E-state index in [4.69, 9.17) is 0 Å². The molecule has 0 aromatic rings. The van der Waals surface area contributed by atoms with Crippen LogP contribution in [0.25, 0.3) is 0 Å². The molecule has 6 nitrogen and oxygen atoms in total. The largest absolute Gasteiger partial charge is 0.341 e. The van der Waals surface area contributed by atoms with E-state index in [1.807, 2.05) is 11.8 Å². The summed E-state index contributed by atoms with van der Waals surface area (Å²) in [4.78, 5) is 14.4. The molecule has 2 rings (SSSR count). The SMILES string of the molecule is CCS(=O)(=O)NC1CCN(C(=O)C2(C)CCCN2)CC1. The van der Waals surface area contributed by atoms with Gasteiger partial charge in [-0.3, -0.25) is 4.79 Å². The summed E-state index contributed by atoms with van der Waals surface area (Å²) in [6.45, 7) is 5.76. The Hall–Kier alpha value is -0.660. The van der Waals surface area contributed by atoms with E-state index < -0.39 is 15.6 Å². The number of amides is 1. The Labute approximate surface area is 121 Å². The van der Waals surface area contributed by atoms with Crippen molar-refractivity contribution in [2.75, 3.05) is 25.4 Å². The van der Waals surface area contributed by atoms with Crippen LogP contribution in [0, 0.1) is 0 Å². The van der Waals surface area contributed by atoms with E-state index in [1.54, 1.807) is 6.92 Å². The average Bonchev–Trinajstić information content (AvgIpc) is 2.87. The standard InChI is InChI=1S/C13H25N3O3S/c1-3-20(18,19)15-11-5-9-16(10-6-11)12(17)13(2)7-4-8-14-13/h11,14-15H,3-10H2,1-2H3. The smallest absolute Gasteiger partial charge is 0.242 e. The molecule has 0 aliphatic carbocycles. The van der Waals surface area contributed by atoms with Crippen molar-refractivity contribution in [2.24, 2.45) is 0 Å². The Morgan fingerprint density at radius 2 is 2.05 bits per heavy atom. The first-order valence-electron chi connectivity index (χ1n) is 7.41. The normalized spacial score (nSPS) is 28.8. The third-order valence-electron chi connectivity index (χ3n) is 4.35. The number of rotatable bonds is 4. The summed E-state index contributed by atoms with van der Waals surface area (Å²) in [5, 5.41) is 3.29. The van der Waals surface area contributed by atoms with Gasteiger partial charge in [-0.15, -0.1) is 0 Å². The average molecular weight is 303 g/mol. The van der Waals surface area contributed by atoms with E-state index in [0.717, 1.165) is 19.4 Å². The van der Waals surface area contributed by atoms with E-state index in [1.165, 1.54) is 0 Å². The first kappa shape index (κ1) is 15.7. The lowest BCUT2D eigenvalue weighted by Gasteiger charge is -2.37. The van der Waals surface area contributed by atoms with E-state index in [9.17, 15) is 13.2 Å². The van der Waals surface area contributed by atoms with Crippen LogP contribution in [0.4, 0.5) is 0 Å². The molecule has 20 heavy (non-hydrogen) atoms. The molecule has 1 unspecified atom stereocenters. The van der Waals surface area contributed by atoms with Crippen molar-refractivity contribution in [3.8, 4) is 0 Å². The molecule has 2 aliphatic heterocycles. The second-order valence-corrected chi connectivity index (χ2v) is 7.99. The highest BCUT2D eigenvalue weighted by atomic mass is 32.2. The number of carbonyl (C=O) groups is 1. The van der Waals surface area contributed by atoms with E-state index in [2.05, 4.69) is 10.0 Å². The van der Waals surface area contributed by atoms with Gasteiger partial charge in [0, 0.05) is 19.1 Å². The molecule has 2 fully saturated rings. The highest BCUT2D eigenvalue weighted by Gasteiger charge is 2.39. The van der Waals surface area contributed by atoms with Gasteiger partial charge in [-0.25, -0.2) is 13.1 Å². The van der Waals surface area contributed by atoms with Gasteiger partial charge in [-0.1, -0.05) is 0 Å². The lowest BCUT2D eigenvalue weighted by Crippen LogP contribution is -2.56. The minimum absolute atomic E-state index is 0.0339. The maximum Gasteiger partial charge on any atom is 0.242 e. The fourth-order valence-corrected chi connectivity index (χ4v) is 3.87. The Morgan fingerprint density at radius 1 is 1.40 bits per heavy atom. The van der Waals surface area contributed by atoms with Crippen molar-refractivity contribution in [3.63, 3.8) is 0 Å². The Balaban J connectivity index is 1.87. The molecular weight excluding hydrogens is 278 g/mol. The van der Waals surface area contributed by atoms with Crippen LogP contribution >= 0.6 is 0 Å². The quantitative estimate of drug-likeness (QED) is 0.770. The zero-order valence-corrected chi connectivity index (χ0v) is 13.1. The molecule has 2 heterocycles. The molecule has 0 aromatic carbocycles. The van der Waals surface area contributed by atoms with Crippen LogP contribution in [-0.4, -0.2) is 56.2 Å². The zero-order valence-electron chi connectivity index (χ0n) is 12.3. The van der Waals surface area contributed by atoms with Crippen LogP contribution in [-0.2, 0) is 14.8 Å². The van der Waals surface area contributed by atoms with Gasteiger partial charge in [-0.2, -0.15) is 0 Å². The number of likely N-dealkylation sites (tertiary alicyclic amines) is 1. The second-order valence-electron chi connectivity index (χ2n) is 5.95. The first-order chi connectivity index (χ1) is 9.36. The van der Waals surface area contributed by atoms with Crippen LogP contribution in [0.15, 0.2) is 0 Å². The van der Waals surface area contributed by atoms with E-state index in [-0.39, 0.29) is 17.7 Å². The molecule has 116 valence electrons. The summed E-state index contributed by atoms with van der Waals surface area (Å²) < 4.78 is 25.8. The molecule has 7 heteroatoms. The molecule has 2 saturated heterocycles. The van der Waals surface area contributed by atoms with E-state index >= 15 is 0 Å². The minimum Gasteiger partial charge on any atom is -0.341 e. The topological polar surface area (TPSA) is 78.5 Å². The molecule has 2 N–H and O–H groups in total. The number of carbonyl (C=O) groups excluding carboxylic acids is 1. The van der Waals surface area contributed by atoms with Crippen molar-refractivity contribution in [1.82, 2.24) is 14.9 Å². The maximum atomic E-state index is 12.5. The third-order valence-corrected chi connectivity index (χ3v) is 5.80. The summed E-state index contributed by atoms with van der Waals surface area (Å²) in [6.07, 6.45) is 3.31. The van der Waals surface area contributed by atoms with Crippen molar-refractivity contribution < 1.29 is 13.2 Å². The lowest BCUT2D eigenvalue weighted by atomic mass is 9.96. The molecule has 1 amide bonds. The van der Waals surface area contributed by atoms with Crippen molar-refractivity contribution in [1.29, 1.82) is 0 Å². The number of hydrogen-bond acceptors (Lipinski definition) is 4. The minimum atomic E-state index is -3.15. The molecule has 0 aromatic heterocycles. The van der Waals surface area contributed by atoms with Gasteiger partial charge >= 0.3 is 0 Å². The van der Waals surface area contributed by atoms with Gasteiger partial charge < -0.3 is 10.2 Å². The van der Waals surface area contributed by atoms with Gasteiger partial charge in [0.2, 0.25) is 15.9 Å². The summed E-state index contributed by atoms with van der Waals surface area (Å²) in [5.41, 5.74) is -0.421. The summed E-state index contributed by atoms with van der Waals surface area (Å²) in [5.74, 6) is 0.264. The van der Waals surface area contributed by atoms with Gasteiger partial charge in [0.1, 0.15) is 0 Å². The van der Waals surface area contributed by atoms with Crippen LogP contribution < -0.4 is 10.0 Å². The lowest BCUT2D eigenvalue weighted by molar-refractivity contribution is -0.138. The summed E-state index contributed by atoms with van der Waals surface area (Å²) in [7, 11) is -3.15. The molecular formula is C13H25N3O3S. The summed E-state index contributed by atoms with van der Waals surface area (Å²) in [6, 6.07) is -0.0339. The maximum absolute atomic E-state index is 12.5. The van der Waals surface area contributed by atoms with Gasteiger partial charge in [0.25, 0.3) is 0 Å². The molecule has 1 atom stereocenters. The summed E-state index contributed by atoms with van der Waals surface area (Å²) >= 11 is 0. The third kappa shape index (κ3) is 3.51. The van der Waals surface area contributed by atoms with E-state index in [0.29, 0.717) is 25.9 Å². The van der Waals surface area contributed by atoms with Crippen molar-refractivity contribution >= 4 is 15.9 Å². The number of nitrogens with one attached hydrogen (secondary N) is 2. The number of nitrogens with zero attached hydrogens (tertiary/aromatic N) is 1. The highest BCUT2D eigenvalue weighted by molar-refractivity contribution is 7.89. The van der Waals surface area contributed by atoms with Crippen LogP contribution in [0.1, 0.15) is 39.5 Å². The van der Waals surface area contributed by atoms with Crippen LogP contribution in [0.3, 0.4) is 0 Å². The fraction of sp³-hybridized carbons (Fsp3) is 0.923. The molecule has 0 bridgehead atoms. The predicted molar refractivity (Wildman–Crippen MR) is 77.8 cm³/mol. The zero-order chi connectivity index (χ0) is 14.8. The number of piperidine rings is 1. The number of hydrogen-bond donors (Lipinski definition) is 2. The molecule has 0 spiro atoms. The predicted octanol–water partition coefficient (Wildman–Crippen LogP) is 0.0588. The molecule has 0 radical (unpaired) electrons. The van der Waals surface area contributed by atoms with Gasteiger partial charge in [0.15, 0.2) is 0 Å².